The van der Waals surface area contributed by atoms with Crippen LogP contribution in [0.3, 0.4) is 0 Å². The zero-order valence-electron chi connectivity index (χ0n) is 11.4. The Morgan fingerprint density at radius 2 is 2.00 bits per heavy atom. The van der Waals surface area contributed by atoms with E-state index in [1.54, 1.807) is 24.3 Å². The number of carbonyl (C=O) groups excluding carboxylic acids is 2. The quantitative estimate of drug-likeness (QED) is 0.872. The van der Waals surface area contributed by atoms with Crippen molar-refractivity contribution in [2.45, 2.75) is 12.8 Å². The summed E-state index contributed by atoms with van der Waals surface area (Å²) >= 11 is 7.23. The minimum atomic E-state index is -1.19. The second kappa shape index (κ2) is 6.06. The number of anilines is 1. The molecule has 1 aliphatic carbocycles. The van der Waals surface area contributed by atoms with Crippen LogP contribution in [0.15, 0.2) is 30.4 Å². The van der Waals surface area contributed by atoms with Gasteiger partial charge in [0.1, 0.15) is 0 Å². The lowest BCUT2D eigenvalue weighted by Crippen LogP contribution is -2.41. The van der Waals surface area contributed by atoms with Crippen molar-refractivity contribution in [3.05, 3.63) is 35.4 Å². The number of rotatable bonds is 3. The molecule has 1 aromatic carbocycles. The molecule has 3 rings (SSSR count). The van der Waals surface area contributed by atoms with Crippen molar-refractivity contribution in [1.82, 2.24) is 4.98 Å². The predicted octanol–water partition coefficient (Wildman–Crippen LogP) is 2.22. The number of nitrogens with one attached hydrogen (secondary N) is 1. The number of amides is 1. The zero-order valence-corrected chi connectivity index (χ0v) is 13.0. The number of hydrogen-bond acceptors (Lipinski definition) is 5. The second-order valence-corrected chi connectivity index (χ2v) is 6.56. The maximum absolute atomic E-state index is 12.3. The first-order chi connectivity index (χ1) is 10.5. The number of carboxylic acid groups (broad SMARTS) is 1. The average molecular weight is 336 g/mol. The molecule has 0 bridgehead atoms. The average Bonchev–Trinajstić information content (AvgIpc) is 2.88. The summed E-state index contributed by atoms with van der Waals surface area (Å²) in [6.45, 7) is 0. The Morgan fingerprint density at radius 1 is 1.27 bits per heavy atom. The number of nitrogens with zero attached hydrogens (tertiary/aromatic N) is 1. The van der Waals surface area contributed by atoms with E-state index in [0.717, 1.165) is 10.2 Å². The molecule has 22 heavy (non-hydrogen) atoms. The van der Waals surface area contributed by atoms with Crippen molar-refractivity contribution in [3.8, 4) is 0 Å². The van der Waals surface area contributed by atoms with Crippen molar-refractivity contribution in [1.29, 1.82) is 0 Å². The van der Waals surface area contributed by atoms with Gasteiger partial charge in [-0.2, -0.15) is 0 Å². The van der Waals surface area contributed by atoms with Gasteiger partial charge in [-0.25, -0.2) is 4.98 Å². The third-order valence-electron chi connectivity index (χ3n) is 3.65. The van der Waals surface area contributed by atoms with Crippen LogP contribution in [0.4, 0.5) is 5.13 Å². The van der Waals surface area contributed by atoms with Crippen LogP contribution in [-0.4, -0.2) is 16.9 Å². The molecule has 1 aromatic heterocycles. The van der Waals surface area contributed by atoms with E-state index in [9.17, 15) is 14.7 Å². The summed E-state index contributed by atoms with van der Waals surface area (Å²) in [7, 11) is 0. The molecule has 1 N–H and O–H groups in total. The van der Waals surface area contributed by atoms with Crippen molar-refractivity contribution < 1.29 is 14.7 Å². The first kappa shape index (κ1) is 15.0. The largest absolute Gasteiger partial charge is 0.550 e. The molecule has 2 atom stereocenters. The number of benzene rings is 1. The first-order valence-corrected chi connectivity index (χ1v) is 7.97. The number of carboxylic acids is 1. The Bertz CT molecular complexity index is 771. The molecule has 0 spiro atoms. The lowest BCUT2D eigenvalue weighted by Gasteiger charge is -2.27. The maximum atomic E-state index is 12.3. The molecule has 1 amide bonds. The van der Waals surface area contributed by atoms with Crippen molar-refractivity contribution >= 4 is 50.2 Å². The van der Waals surface area contributed by atoms with Gasteiger partial charge in [-0.3, -0.25) is 4.79 Å². The fourth-order valence-corrected chi connectivity index (χ4v) is 3.66. The molecule has 2 aromatic rings. The number of carbonyl (C=O) groups is 2. The molecular weight excluding hydrogens is 324 g/mol. The lowest BCUT2D eigenvalue weighted by molar-refractivity contribution is -0.313. The highest BCUT2D eigenvalue weighted by Crippen LogP contribution is 2.30. The molecule has 0 saturated heterocycles. The topological polar surface area (TPSA) is 82.1 Å². The number of fused-ring (bicyclic) bond motifs is 1. The van der Waals surface area contributed by atoms with Gasteiger partial charge in [0.25, 0.3) is 0 Å². The Hall–Kier alpha value is -1.92. The maximum Gasteiger partial charge on any atom is 0.230 e. The summed E-state index contributed by atoms with van der Waals surface area (Å²) in [6.07, 6.45) is 4.29. The van der Waals surface area contributed by atoms with E-state index in [0.29, 0.717) is 23.0 Å². The van der Waals surface area contributed by atoms with Gasteiger partial charge in [0.05, 0.1) is 16.1 Å². The molecule has 0 aliphatic heterocycles. The smallest absolute Gasteiger partial charge is 0.230 e. The van der Waals surface area contributed by atoms with E-state index < -0.39 is 17.8 Å². The van der Waals surface area contributed by atoms with Crippen LogP contribution in [0.1, 0.15) is 12.8 Å². The molecule has 0 radical (unpaired) electrons. The number of thiazole rings is 1. The predicted molar refractivity (Wildman–Crippen MR) is 83.6 cm³/mol. The van der Waals surface area contributed by atoms with E-state index >= 15 is 0 Å². The van der Waals surface area contributed by atoms with E-state index in [1.807, 2.05) is 6.08 Å². The standard InChI is InChI=1S/C15H13ClN2O3S/c16-8-5-6-11-12(7-8)22-15(17-11)18-13(19)9-3-1-2-4-10(9)14(20)21/h1-2,5-7,9-10H,3-4H2,(H,20,21)(H,17,18,19)/p-1/t9-,10-/m0/s1. The van der Waals surface area contributed by atoms with Crippen LogP contribution in [0.25, 0.3) is 10.2 Å². The summed E-state index contributed by atoms with van der Waals surface area (Å²) in [5.41, 5.74) is 0.740. The van der Waals surface area contributed by atoms with Gasteiger partial charge in [0.2, 0.25) is 5.91 Å². The van der Waals surface area contributed by atoms with Gasteiger partial charge in [0.15, 0.2) is 5.13 Å². The van der Waals surface area contributed by atoms with Crippen LogP contribution in [0, 0.1) is 11.8 Å². The minimum absolute atomic E-state index is 0.315. The molecule has 1 heterocycles. The molecule has 114 valence electrons. The Kier molecular flexibility index (Phi) is 4.13. The van der Waals surface area contributed by atoms with Gasteiger partial charge in [-0.05, 0) is 31.0 Å². The molecule has 0 saturated carbocycles. The van der Waals surface area contributed by atoms with Gasteiger partial charge in [-0.15, -0.1) is 0 Å². The Balaban J connectivity index is 1.80. The molecule has 1 aliphatic rings. The van der Waals surface area contributed by atoms with Crippen LogP contribution in [0.2, 0.25) is 5.02 Å². The van der Waals surface area contributed by atoms with Crippen LogP contribution < -0.4 is 10.4 Å². The van der Waals surface area contributed by atoms with Crippen molar-refractivity contribution in [2.24, 2.45) is 11.8 Å². The highest BCUT2D eigenvalue weighted by molar-refractivity contribution is 7.22. The van der Waals surface area contributed by atoms with Gasteiger partial charge in [0, 0.05) is 16.9 Å². The fourth-order valence-electron chi connectivity index (χ4n) is 2.51. The number of aliphatic carboxylic acids is 1. The van der Waals surface area contributed by atoms with E-state index in [1.165, 1.54) is 11.3 Å². The highest BCUT2D eigenvalue weighted by atomic mass is 35.5. The summed E-state index contributed by atoms with van der Waals surface area (Å²) < 4.78 is 0.864. The van der Waals surface area contributed by atoms with Crippen LogP contribution >= 0.6 is 22.9 Å². The SMILES string of the molecule is O=C([O-])[C@H]1CC=CC[C@@H]1C(=O)Nc1nc2ccc(Cl)cc2s1. The molecule has 7 heteroatoms. The normalized spacial score (nSPS) is 21.0. The van der Waals surface area contributed by atoms with Gasteiger partial charge in [-0.1, -0.05) is 35.1 Å². The Labute approximate surface area is 135 Å². The van der Waals surface area contributed by atoms with E-state index in [2.05, 4.69) is 10.3 Å². The number of aromatic nitrogens is 1. The molecule has 5 nitrogen and oxygen atoms in total. The number of allylic oxidation sites excluding steroid dienone is 2. The third kappa shape index (κ3) is 2.98. The van der Waals surface area contributed by atoms with Crippen LogP contribution in [-0.2, 0) is 9.59 Å². The molecular formula is C15H12ClN2O3S-. The second-order valence-electron chi connectivity index (χ2n) is 5.10. The highest BCUT2D eigenvalue weighted by Gasteiger charge is 2.30. The summed E-state index contributed by atoms with van der Waals surface area (Å²) in [5.74, 6) is -2.97. The fraction of sp³-hybridized carbons (Fsp3) is 0.267. The van der Waals surface area contributed by atoms with Gasteiger partial charge < -0.3 is 15.2 Å². The third-order valence-corrected chi connectivity index (χ3v) is 4.82. The van der Waals surface area contributed by atoms with Crippen LogP contribution in [0.5, 0.6) is 0 Å². The number of hydrogen-bond donors (Lipinski definition) is 1. The molecule has 0 fully saturated rings. The van der Waals surface area contributed by atoms with E-state index in [4.69, 9.17) is 11.6 Å². The summed E-state index contributed by atoms with van der Waals surface area (Å²) in [5, 5.41) is 14.9. The minimum Gasteiger partial charge on any atom is -0.550 e. The molecule has 0 unspecified atom stereocenters. The Morgan fingerprint density at radius 3 is 2.73 bits per heavy atom. The van der Waals surface area contributed by atoms with Crippen molar-refractivity contribution in [3.63, 3.8) is 0 Å². The van der Waals surface area contributed by atoms with E-state index in [-0.39, 0.29) is 5.91 Å². The first-order valence-electron chi connectivity index (χ1n) is 6.77. The van der Waals surface area contributed by atoms with Crippen molar-refractivity contribution in [2.75, 3.05) is 5.32 Å². The summed E-state index contributed by atoms with van der Waals surface area (Å²) in [6, 6.07) is 5.28. The summed E-state index contributed by atoms with van der Waals surface area (Å²) in [4.78, 5) is 27.8. The zero-order chi connectivity index (χ0) is 15.7. The van der Waals surface area contributed by atoms with Gasteiger partial charge >= 0.3 is 0 Å². The lowest BCUT2D eigenvalue weighted by atomic mass is 9.82. The number of halogens is 1. The monoisotopic (exact) mass is 335 g/mol.